The highest BCUT2D eigenvalue weighted by Crippen LogP contribution is 2.31. The average molecular weight is 510 g/mol. The molecule has 0 atom stereocenters. The van der Waals surface area contributed by atoms with E-state index in [4.69, 9.17) is 4.98 Å². The molecule has 7 aromatic rings. The lowest BCUT2D eigenvalue weighted by Crippen LogP contribution is -2.12. The molecule has 6 heterocycles. The molecule has 0 spiro atoms. The van der Waals surface area contributed by atoms with Gasteiger partial charge in [0.05, 0.1) is 28.6 Å². The zero-order chi connectivity index (χ0) is 26.0. The molecular weight excluding hydrogens is 486 g/mol. The van der Waals surface area contributed by atoms with Gasteiger partial charge in [-0.1, -0.05) is 30.3 Å². The van der Waals surface area contributed by atoms with E-state index in [1.165, 1.54) is 5.56 Å². The van der Waals surface area contributed by atoms with Crippen LogP contribution in [-0.2, 0) is 13.1 Å². The average Bonchev–Trinajstić information content (AvgIpc) is 3.62. The predicted molar refractivity (Wildman–Crippen MR) is 150 cm³/mol. The normalized spacial score (nSPS) is 11.4. The van der Waals surface area contributed by atoms with Crippen molar-refractivity contribution in [2.24, 2.45) is 0 Å². The molecule has 0 radical (unpaired) electrons. The first-order valence-corrected chi connectivity index (χ1v) is 12.6. The topological polar surface area (TPSA) is 121 Å². The van der Waals surface area contributed by atoms with Crippen LogP contribution >= 0.6 is 0 Å². The molecule has 6 aromatic heterocycles. The van der Waals surface area contributed by atoms with Crippen LogP contribution < -0.4 is 5.32 Å². The van der Waals surface area contributed by atoms with Gasteiger partial charge < -0.3 is 10.3 Å². The maximum atomic E-state index is 4.89. The summed E-state index contributed by atoms with van der Waals surface area (Å²) in [5.41, 5.74) is 9.06. The van der Waals surface area contributed by atoms with E-state index < -0.39 is 0 Å². The fraction of sp³-hybridized carbons (Fsp3) is 0.0667. The number of benzene rings is 1. The number of nitrogens with zero attached hydrogens (tertiary/aromatic N) is 6. The molecule has 188 valence electrons. The molecule has 39 heavy (non-hydrogen) atoms. The second-order valence-corrected chi connectivity index (χ2v) is 9.24. The number of pyridine rings is 4. The largest absolute Gasteiger partial charge is 0.336 e. The van der Waals surface area contributed by atoms with Gasteiger partial charge in [0.15, 0.2) is 5.82 Å². The van der Waals surface area contributed by atoms with Crippen LogP contribution in [0.4, 0.5) is 0 Å². The van der Waals surface area contributed by atoms with Gasteiger partial charge in [-0.3, -0.25) is 25.0 Å². The van der Waals surface area contributed by atoms with Crippen LogP contribution in [0, 0.1) is 0 Å². The molecule has 0 bridgehead atoms. The van der Waals surface area contributed by atoms with E-state index in [1.807, 2.05) is 54.9 Å². The van der Waals surface area contributed by atoms with Gasteiger partial charge in [-0.25, -0.2) is 4.98 Å². The van der Waals surface area contributed by atoms with Crippen LogP contribution in [0.15, 0.2) is 97.8 Å². The predicted octanol–water partition coefficient (Wildman–Crippen LogP) is 5.31. The number of hydrogen-bond donors (Lipinski definition) is 3. The van der Waals surface area contributed by atoms with Gasteiger partial charge in [-0.05, 0) is 41.5 Å². The van der Waals surface area contributed by atoms with Gasteiger partial charge in [-0.15, -0.1) is 0 Å². The van der Waals surface area contributed by atoms with Crippen LogP contribution in [-0.4, -0.2) is 40.1 Å². The second-order valence-electron chi connectivity index (χ2n) is 9.24. The van der Waals surface area contributed by atoms with E-state index in [-0.39, 0.29) is 0 Å². The van der Waals surface area contributed by atoms with Gasteiger partial charge >= 0.3 is 0 Å². The van der Waals surface area contributed by atoms with E-state index in [0.29, 0.717) is 12.4 Å². The summed E-state index contributed by atoms with van der Waals surface area (Å²) in [4.78, 5) is 26.1. The van der Waals surface area contributed by atoms with Crippen LogP contribution in [0.25, 0.3) is 56.0 Å². The van der Waals surface area contributed by atoms with Gasteiger partial charge in [0.2, 0.25) is 0 Å². The van der Waals surface area contributed by atoms with Gasteiger partial charge in [0.25, 0.3) is 0 Å². The lowest BCUT2D eigenvalue weighted by Gasteiger charge is -2.07. The highest BCUT2D eigenvalue weighted by molar-refractivity contribution is 5.96. The number of aromatic nitrogens is 8. The Labute approximate surface area is 223 Å². The molecule has 0 unspecified atom stereocenters. The molecule has 0 fully saturated rings. The van der Waals surface area contributed by atoms with Crippen LogP contribution in [0.3, 0.4) is 0 Å². The Morgan fingerprint density at radius 1 is 0.692 bits per heavy atom. The minimum Gasteiger partial charge on any atom is -0.336 e. The molecule has 3 N–H and O–H groups in total. The van der Waals surface area contributed by atoms with E-state index in [1.54, 1.807) is 24.8 Å². The first kappa shape index (κ1) is 22.9. The number of aromatic amines is 2. The molecule has 9 heteroatoms. The van der Waals surface area contributed by atoms with Gasteiger partial charge in [-0.2, -0.15) is 5.10 Å². The number of fused-ring (bicyclic) bond motifs is 2. The highest BCUT2D eigenvalue weighted by Gasteiger charge is 2.17. The fourth-order valence-corrected chi connectivity index (χ4v) is 4.70. The summed E-state index contributed by atoms with van der Waals surface area (Å²) in [7, 11) is 0. The van der Waals surface area contributed by atoms with Crippen molar-refractivity contribution in [1.82, 2.24) is 45.4 Å². The van der Waals surface area contributed by atoms with Crippen LogP contribution in [0.5, 0.6) is 0 Å². The van der Waals surface area contributed by atoms with Crippen LogP contribution in [0.2, 0.25) is 0 Å². The minimum atomic E-state index is 0.661. The summed E-state index contributed by atoms with van der Waals surface area (Å²) in [5, 5.41) is 12.1. The maximum absolute atomic E-state index is 4.89. The Hall–Kier alpha value is -5.28. The molecule has 7 rings (SSSR count). The maximum Gasteiger partial charge on any atom is 0.159 e. The zero-order valence-electron chi connectivity index (χ0n) is 20.8. The summed E-state index contributed by atoms with van der Waals surface area (Å²) in [6, 6.07) is 20.3. The third-order valence-electron chi connectivity index (χ3n) is 6.62. The van der Waals surface area contributed by atoms with Crippen molar-refractivity contribution in [1.29, 1.82) is 0 Å². The van der Waals surface area contributed by atoms with Crippen molar-refractivity contribution in [2.45, 2.75) is 13.1 Å². The fourth-order valence-electron chi connectivity index (χ4n) is 4.70. The van der Waals surface area contributed by atoms with Gasteiger partial charge in [0.1, 0.15) is 11.2 Å². The monoisotopic (exact) mass is 509 g/mol. The number of rotatable bonds is 7. The zero-order valence-corrected chi connectivity index (χ0v) is 20.8. The molecule has 1 aromatic carbocycles. The van der Waals surface area contributed by atoms with Gasteiger partial charge in [0, 0.05) is 60.6 Å². The van der Waals surface area contributed by atoms with Crippen molar-refractivity contribution < 1.29 is 0 Å². The van der Waals surface area contributed by atoms with Crippen molar-refractivity contribution in [2.75, 3.05) is 0 Å². The van der Waals surface area contributed by atoms with E-state index in [2.05, 4.69) is 58.6 Å². The second kappa shape index (κ2) is 9.88. The Kier molecular flexibility index (Phi) is 5.80. The highest BCUT2D eigenvalue weighted by atomic mass is 15.1. The number of nitrogens with one attached hydrogen (secondary N) is 3. The van der Waals surface area contributed by atoms with E-state index in [9.17, 15) is 0 Å². The van der Waals surface area contributed by atoms with Crippen molar-refractivity contribution in [3.8, 4) is 34.0 Å². The Balaban J connectivity index is 1.20. The molecule has 0 saturated carbocycles. The number of imidazole rings is 1. The lowest BCUT2D eigenvalue weighted by atomic mass is 10.1. The minimum absolute atomic E-state index is 0.661. The molecule has 0 saturated heterocycles. The molecule has 0 aliphatic heterocycles. The molecule has 0 amide bonds. The van der Waals surface area contributed by atoms with Crippen LogP contribution in [0.1, 0.15) is 11.1 Å². The summed E-state index contributed by atoms with van der Waals surface area (Å²) >= 11 is 0. The van der Waals surface area contributed by atoms with E-state index in [0.717, 1.165) is 62.3 Å². The summed E-state index contributed by atoms with van der Waals surface area (Å²) < 4.78 is 0. The molecule has 0 aliphatic rings. The third-order valence-corrected chi connectivity index (χ3v) is 6.62. The smallest absolute Gasteiger partial charge is 0.159 e. The van der Waals surface area contributed by atoms with E-state index >= 15 is 0 Å². The quantitative estimate of drug-likeness (QED) is 0.266. The summed E-state index contributed by atoms with van der Waals surface area (Å²) in [6.45, 7) is 1.51. The number of H-pyrrole nitrogens is 2. The standard InChI is InChI=1S/C30H23N9/c1-2-4-19(5-3-1)14-32-15-20-12-22(17-33-16-20)25-13-23-26(18-35-25)38-39-28(23)30-36-24-8-11-34-27(29(24)37-30)21-6-9-31-10-7-21/h1-13,16-18,32H,14-15H2,(H,36,37)(H,38,39). The van der Waals surface area contributed by atoms with Crippen molar-refractivity contribution in [3.63, 3.8) is 0 Å². The lowest BCUT2D eigenvalue weighted by molar-refractivity contribution is 0.691. The number of hydrogen-bond acceptors (Lipinski definition) is 7. The Bertz CT molecular complexity index is 1890. The Morgan fingerprint density at radius 3 is 2.46 bits per heavy atom. The first-order valence-electron chi connectivity index (χ1n) is 12.6. The molecular formula is C30H23N9. The third kappa shape index (κ3) is 4.51. The summed E-state index contributed by atoms with van der Waals surface area (Å²) in [6.07, 6.45) is 10.8. The van der Waals surface area contributed by atoms with Crippen molar-refractivity contribution >= 4 is 21.9 Å². The Morgan fingerprint density at radius 2 is 1.56 bits per heavy atom. The van der Waals surface area contributed by atoms with Crippen molar-refractivity contribution in [3.05, 3.63) is 109 Å². The first-order chi connectivity index (χ1) is 19.3. The molecule has 9 nitrogen and oxygen atoms in total. The summed E-state index contributed by atoms with van der Waals surface area (Å²) in [5.74, 6) is 0.661. The molecule has 0 aliphatic carbocycles. The SMILES string of the molecule is c1ccc(CNCc2cncc(-c3cc4c(-c5nc6c(-c7ccncc7)nccc6[nH]5)n[nH]c4cn3)c2)cc1.